The molecule has 0 fully saturated rings. The number of aromatic nitrogens is 1. The van der Waals surface area contributed by atoms with Crippen LogP contribution < -0.4 is 0 Å². The number of rotatable bonds is 4. The molecule has 116 valence electrons. The first kappa shape index (κ1) is 16.0. The van der Waals surface area contributed by atoms with E-state index in [-0.39, 0.29) is 18.4 Å². The summed E-state index contributed by atoms with van der Waals surface area (Å²) in [5.74, 6) is 0. The summed E-state index contributed by atoms with van der Waals surface area (Å²) >= 11 is 0. The van der Waals surface area contributed by atoms with Gasteiger partial charge in [0.2, 0.25) is 0 Å². The van der Waals surface area contributed by atoms with E-state index in [4.69, 9.17) is 5.21 Å². The summed E-state index contributed by atoms with van der Waals surface area (Å²) in [6.45, 7) is 1.79. The molecule has 1 aromatic carbocycles. The second-order valence-corrected chi connectivity index (χ2v) is 4.89. The van der Waals surface area contributed by atoms with Crippen LogP contribution in [0.5, 0.6) is 0 Å². The lowest BCUT2D eigenvalue weighted by atomic mass is 9.98. The fraction of sp³-hybridized carbons (Fsp3) is 0.250. The maximum atomic E-state index is 12.9. The van der Waals surface area contributed by atoms with E-state index in [2.05, 4.69) is 10.1 Å². The molecule has 2 rings (SSSR count). The number of nitrogens with zero attached hydrogens (tertiary/aromatic N) is 2. The second kappa shape index (κ2) is 6.60. The van der Waals surface area contributed by atoms with E-state index >= 15 is 0 Å². The van der Waals surface area contributed by atoms with Crippen LogP contribution in [0.2, 0.25) is 0 Å². The summed E-state index contributed by atoms with van der Waals surface area (Å²) in [6.07, 6.45) is -2.48. The standard InChI is InChI=1S/C16H15F3N2O/c1-11-10-13(8-9-20-11)15(21-22)7-6-12-4-2-3-5-14(12)16(17,18)19/h2-5,8-10,22H,6-7H2,1H3/b21-15+. The predicted molar refractivity (Wildman–Crippen MR) is 77.1 cm³/mol. The molecule has 0 unspecified atom stereocenters. The summed E-state index contributed by atoms with van der Waals surface area (Å²) in [5, 5.41) is 12.3. The lowest BCUT2D eigenvalue weighted by Crippen LogP contribution is -2.11. The third-order valence-electron chi connectivity index (χ3n) is 3.30. The minimum atomic E-state index is -4.39. The molecule has 22 heavy (non-hydrogen) atoms. The first-order valence-electron chi connectivity index (χ1n) is 6.71. The molecule has 1 heterocycles. The van der Waals surface area contributed by atoms with Crippen molar-refractivity contribution >= 4 is 5.71 Å². The lowest BCUT2D eigenvalue weighted by Gasteiger charge is -2.13. The van der Waals surface area contributed by atoms with Gasteiger partial charge < -0.3 is 5.21 Å². The molecule has 3 nitrogen and oxygen atoms in total. The minimum absolute atomic E-state index is 0.135. The Morgan fingerprint density at radius 1 is 1.23 bits per heavy atom. The number of aryl methyl sites for hydroxylation is 2. The molecule has 0 saturated heterocycles. The molecular weight excluding hydrogens is 293 g/mol. The summed E-state index contributed by atoms with van der Waals surface area (Å²) in [5.41, 5.74) is 1.26. The Balaban J connectivity index is 2.19. The lowest BCUT2D eigenvalue weighted by molar-refractivity contribution is -0.138. The average Bonchev–Trinajstić information content (AvgIpc) is 2.47. The Hall–Kier alpha value is -2.37. The van der Waals surface area contributed by atoms with E-state index in [9.17, 15) is 13.2 Å². The Labute approximate surface area is 126 Å². The number of oxime groups is 1. The van der Waals surface area contributed by atoms with E-state index < -0.39 is 11.7 Å². The fourth-order valence-electron chi connectivity index (χ4n) is 2.25. The van der Waals surface area contributed by atoms with Crippen LogP contribution in [-0.2, 0) is 12.6 Å². The number of hydrogen-bond acceptors (Lipinski definition) is 3. The van der Waals surface area contributed by atoms with Crippen molar-refractivity contribution in [3.8, 4) is 0 Å². The van der Waals surface area contributed by atoms with Gasteiger partial charge in [-0.25, -0.2) is 0 Å². The summed E-state index contributed by atoms with van der Waals surface area (Å²) < 4.78 is 38.8. The number of alkyl halides is 3. The highest BCUT2D eigenvalue weighted by atomic mass is 19.4. The Kier molecular flexibility index (Phi) is 4.80. The van der Waals surface area contributed by atoms with E-state index in [0.717, 1.165) is 11.8 Å². The van der Waals surface area contributed by atoms with Gasteiger partial charge in [0.15, 0.2) is 0 Å². The zero-order valence-corrected chi connectivity index (χ0v) is 11.9. The van der Waals surface area contributed by atoms with E-state index in [1.165, 1.54) is 12.1 Å². The van der Waals surface area contributed by atoms with Crippen molar-refractivity contribution in [2.24, 2.45) is 5.16 Å². The van der Waals surface area contributed by atoms with Crippen LogP contribution in [0.1, 0.15) is 28.8 Å². The molecule has 0 spiro atoms. The number of hydrogen-bond donors (Lipinski definition) is 1. The van der Waals surface area contributed by atoms with Crippen molar-refractivity contribution in [1.29, 1.82) is 0 Å². The van der Waals surface area contributed by atoms with Crippen LogP contribution in [0.25, 0.3) is 0 Å². The molecule has 1 N–H and O–H groups in total. The van der Waals surface area contributed by atoms with Crippen LogP contribution in [-0.4, -0.2) is 15.9 Å². The van der Waals surface area contributed by atoms with Gasteiger partial charge in [-0.15, -0.1) is 0 Å². The molecular formula is C16H15F3N2O. The van der Waals surface area contributed by atoms with Crippen LogP contribution in [0.3, 0.4) is 0 Å². The van der Waals surface area contributed by atoms with E-state index in [0.29, 0.717) is 11.3 Å². The van der Waals surface area contributed by atoms with Crippen LogP contribution in [0, 0.1) is 6.92 Å². The van der Waals surface area contributed by atoms with E-state index in [1.807, 2.05) is 0 Å². The van der Waals surface area contributed by atoms with Gasteiger partial charge >= 0.3 is 6.18 Å². The molecule has 0 aliphatic carbocycles. The van der Waals surface area contributed by atoms with Gasteiger partial charge in [-0.2, -0.15) is 13.2 Å². The molecule has 0 amide bonds. The monoisotopic (exact) mass is 308 g/mol. The van der Waals surface area contributed by atoms with Gasteiger partial charge in [-0.3, -0.25) is 4.98 Å². The first-order chi connectivity index (χ1) is 10.4. The van der Waals surface area contributed by atoms with Crippen LogP contribution in [0.4, 0.5) is 13.2 Å². The number of pyridine rings is 1. The fourth-order valence-corrected chi connectivity index (χ4v) is 2.25. The highest BCUT2D eigenvalue weighted by molar-refractivity contribution is 6.00. The van der Waals surface area contributed by atoms with Crippen molar-refractivity contribution in [2.45, 2.75) is 25.9 Å². The third kappa shape index (κ3) is 3.84. The molecule has 0 aliphatic rings. The zero-order chi connectivity index (χ0) is 16.2. The Morgan fingerprint density at radius 2 is 1.95 bits per heavy atom. The highest BCUT2D eigenvalue weighted by Gasteiger charge is 2.32. The maximum Gasteiger partial charge on any atom is 0.416 e. The quantitative estimate of drug-likeness (QED) is 0.522. The highest BCUT2D eigenvalue weighted by Crippen LogP contribution is 2.32. The molecule has 0 radical (unpaired) electrons. The van der Waals surface area contributed by atoms with Crippen molar-refractivity contribution in [3.63, 3.8) is 0 Å². The molecule has 0 atom stereocenters. The molecule has 0 bridgehead atoms. The summed E-state index contributed by atoms with van der Waals surface area (Å²) in [7, 11) is 0. The van der Waals surface area contributed by atoms with Gasteiger partial charge in [0, 0.05) is 17.5 Å². The number of benzene rings is 1. The third-order valence-corrected chi connectivity index (χ3v) is 3.30. The van der Waals surface area contributed by atoms with Gasteiger partial charge in [-0.05, 0) is 43.5 Å². The van der Waals surface area contributed by atoms with Crippen molar-refractivity contribution in [1.82, 2.24) is 4.98 Å². The first-order valence-corrected chi connectivity index (χ1v) is 6.71. The zero-order valence-electron chi connectivity index (χ0n) is 11.9. The van der Waals surface area contributed by atoms with Crippen molar-refractivity contribution in [2.75, 3.05) is 0 Å². The van der Waals surface area contributed by atoms with Crippen molar-refractivity contribution < 1.29 is 18.4 Å². The molecule has 0 saturated carbocycles. The summed E-state index contributed by atoms with van der Waals surface area (Å²) in [4.78, 5) is 4.04. The van der Waals surface area contributed by atoms with Crippen LogP contribution in [0.15, 0.2) is 47.8 Å². The predicted octanol–water partition coefficient (Wildman–Crippen LogP) is 4.22. The van der Waals surface area contributed by atoms with Gasteiger partial charge in [0.25, 0.3) is 0 Å². The summed E-state index contributed by atoms with van der Waals surface area (Å²) in [6, 6.07) is 8.82. The molecule has 1 aromatic heterocycles. The topological polar surface area (TPSA) is 45.5 Å². The Morgan fingerprint density at radius 3 is 2.59 bits per heavy atom. The SMILES string of the molecule is Cc1cc(/C(CCc2ccccc2C(F)(F)F)=N/O)ccn1. The van der Waals surface area contributed by atoms with Crippen molar-refractivity contribution in [3.05, 3.63) is 65.0 Å². The molecule has 2 aromatic rings. The largest absolute Gasteiger partial charge is 0.416 e. The molecule has 0 aliphatic heterocycles. The minimum Gasteiger partial charge on any atom is -0.411 e. The average molecular weight is 308 g/mol. The smallest absolute Gasteiger partial charge is 0.411 e. The normalized spacial score (nSPS) is 12.5. The van der Waals surface area contributed by atoms with Gasteiger partial charge in [0.1, 0.15) is 0 Å². The second-order valence-electron chi connectivity index (χ2n) is 4.89. The van der Waals surface area contributed by atoms with Gasteiger partial charge in [-0.1, -0.05) is 23.4 Å². The number of halogens is 3. The molecule has 6 heteroatoms. The van der Waals surface area contributed by atoms with Crippen LogP contribution >= 0.6 is 0 Å². The van der Waals surface area contributed by atoms with E-state index in [1.54, 1.807) is 31.3 Å². The van der Waals surface area contributed by atoms with Gasteiger partial charge in [0.05, 0.1) is 11.3 Å². The Bertz CT molecular complexity index is 681. The maximum absolute atomic E-state index is 12.9.